The van der Waals surface area contributed by atoms with Crippen molar-refractivity contribution in [1.82, 2.24) is 35.1 Å². The van der Waals surface area contributed by atoms with Crippen LogP contribution in [0.1, 0.15) is 53.6 Å². The van der Waals surface area contributed by atoms with Gasteiger partial charge in [-0.05, 0) is 84.1 Å². The first kappa shape index (κ1) is 39.2. The molecule has 4 N–H and O–H groups in total. The van der Waals surface area contributed by atoms with Crippen LogP contribution in [0.5, 0.6) is 11.5 Å². The van der Waals surface area contributed by atoms with Crippen molar-refractivity contribution in [2.75, 3.05) is 57.6 Å². The molecule has 5 aromatic rings. The van der Waals surface area contributed by atoms with Gasteiger partial charge in [-0.3, -0.25) is 14.3 Å². The normalized spacial score (nSPS) is 12.0. The number of hydrogen-bond donors (Lipinski definition) is 3. The number of nitrogens with zero attached hydrogens (tertiary/aromatic N) is 7. The summed E-state index contributed by atoms with van der Waals surface area (Å²) in [6.07, 6.45) is 12.3. The lowest BCUT2D eigenvalue weighted by Crippen LogP contribution is -2.26. The van der Waals surface area contributed by atoms with Crippen molar-refractivity contribution < 1.29 is 19.1 Å². The van der Waals surface area contributed by atoms with Gasteiger partial charge < -0.3 is 35.4 Å². The van der Waals surface area contributed by atoms with Crippen LogP contribution in [-0.4, -0.2) is 89.5 Å². The Kier molecular flexibility index (Phi) is 13.5. The summed E-state index contributed by atoms with van der Waals surface area (Å²) in [7, 11) is 3.49. The number of nitrogen functional groups attached to an aromatic ring is 1. The van der Waals surface area contributed by atoms with Gasteiger partial charge in [0.05, 0.1) is 36.3 Å². The number of ether oxygens (including phenoxy) is 2. The highest BCUT2D eigenvalue weighted by Gasteiger charge is 2.20. The number of aldehydes is 2. The van der Waals surface area contributed by atoms with Gasteiger partial charge in [-0.25, -0.2) is 9.97 Å². The minimum atomic E-state index is 0.435. The Balaban J connectivity index is 1.55. The monoisotopic (exact) mass is 734 g/mol. The first-order chi connectivity index (χ1) is 26.3. The molecule has 0 aliphatic heterocycles. The van der Waals surface area contributed by atoms with E-state index in [4.69, 9.17) is 25.2 Å². The number of benzene rings is 2. The predicted octanol–water partition coefficient (Wildman–Crippen LogP) is 5.58. The van der Waals surface area contributed by atoms with Crippen LogP contribution in [0.15, 0.2) is 65.9 Å². The third-order valence-electron chi connectivity index (χ3n) is 8.76. The fourth-order valence-corrected chi connectivity index (χ4v) is 6.31. The highest BCUT2D eigenvalue weighted by Crippen LogP contribution is 2.37. The number of aromatic nitrogens is 5. The number of carbonyl (C=O) groups excluding carboxylic acids is 2. The number of aryl methyl sites for hydroxylation is 2. The zero-order chi connectivity index (χ0) is 38.6. The molecule has 0 spiro atoms. The van der Waals surface area contributed by atoms with Gasteiger partial charge in [0.2, 0.25) is 0 Å². The van der Waals surface area contributed by atoms with Crippen molar-refractivity contribution in [3.8, 4) is 23.0 Å². The molecule has 14 nitrogen and oxygen atoms in total. The van der Waals surface area contributed by atoms with Gasteiger partial charge in [-0.15, -0.1) is 0 Å². The van der Waals surface area contributed by atoms with Gasteiger partial charge in [0.25, 0.3) is 0 Å². The predicted molar refractivity (Wildman–Crippen MR) is 216 cm³/mol. The molecular formula is C40H50N10O4. The molecule has 0 aliphatic rings. The van der Waals surface area contributed by atoms with E-state index in [1.165, 1.54) is 0 Å². The largest absolute Gasteiger partial charge is 0.495 e. The molecule has 0 aliphatic carbocycles. The van der Waals surface area contributed by atoms with E-state index >= 15 is 0 Å². The number of hydrogen-bond acceptors (Lipinski definition) is 12. The van der Waals surface area contributed by atoms with Crippen LogP contribution in [0, 0.1) is 6.92 Å². The summed E-state index contributed by atoms with van der Waals surface area (Å²) >= 11 is 0. The van der Waals surface area contributed by atoms with Gasteiger partial charge in [0.1, 0.15) is 41.1 Å². The summed E-state index contributed by atoms with van der Waals surface area (Å²) in [6.45, 7) is 11.9. The van der Waals surface area contributed by atoms with E-state index in [1.807, 2.05) is 63.7 Å². The molecule has 0 saturated carbocycles. The van der Waals surface area contributed by atoms with Gasteiger partial charge in [0, 0.05) is 60.8 Å². The van der Waals surface area contributed by atoms with E-state index in [1.54, 1.807) is 31.5 Å². The van der Waals surface area contributed by atoms with E-state index < -0.39 is 0 Å². The Morgan fingerprint density at radius 2 is 1.78 bits per heavy atom. The SMILES string of the molecule is CCN/N=C(C)\C=C\CN(C/C=C/Cn1c2nc(-c3cc(C)nn3CC)ncc2c2cc(C=O)cc(OC)c21)c1c(N)cc(C=O)cc1OCCCNC. The lowest BCUT2D eigenvalue weighted by atomic mass is 10.1. The Hall–Kier alpha value is -6.02. The van der Waals surface area contributed by atoms with E-state index in [2.05, 4.69) is 42.6 Å². The van der Waals surface area contributed by atoms with E-state index in [0.29, 0.717) is 78.3 Å². The molecule has 2 aromatic carbocycles. The maximum absolute atomic E-state index is 11.9. The summed E-state index contributed by atoms with van der Waals surface area (Å²) < 4.78 is 16.0. The zero-order valence-electron chi connectivity index (χ0n) is 31.9. The molecule has 3 aromatic heterocycles. The second kappa shape index (κ2) is 18.6. The third kappa shape index (κ3) is 8.94. The third-order valence-corrected chi connectivity index (χ3v) is 8.76. The molecule has 3 heterocycles. The van der Waals surface area contributed by atoms with Crippen LogP contribution in [0.25, 0.3) is 33.5 Å². The lowest BCUT2D eigenvalue weighted by molar-refractivity contribution is 0.111. The molecule has 0 unspecified atom stereocenters. The first-order valence-corrected chi connectivity index (χ1v) is 18.1. The van der Waals surface area contributed by atoms with Crippen molar-refractivity contribution in [2.45, 2.75) is 47.2 Å². The summed E-state index contributed by atoms with van der Waals surface area (Å²) in [5, 5.41) is 13.7. The fourth-order valence-electron chi connectivity index (χ4n) is 6.31. The summed E-state index contributed by atoms with van der Waals surface area (Å²) in [4.78, 5) is 35.6. The van der Waals surface area contributed by atoms with E-state index in [0.717, 1.165) is 65.5 Å². The number of nitrogens with one attached hydrogen (secondary N) is 2. The second-order valence-electron chi connectivity index (χ2n) is 12.7. The minimum absolute atomic E-state index is 0.435. The van der Waals surface area contributed by atoms with Crippen molar-refractivity contribution >= 4 is 51.6 Å². The molecule has 0 bridgehead atoms. The fraction of sp³-hybridized carbons (Fsp3) is 0.350. The molecular weight excluding hydrogens is 685 g/mol. The topological polar surface area (TPSA) is 167 Å². The average Bonchev–Trinajstić information content (AvgIpc) is 3.72. The van der Waals surface area contributed by atoms with E-state index in [-0.39, 0.29) is 0 Å². The van der Waals surface area contributed by atoms with Crippen LogP contribution in [0.3, 0.4) is 0 Å². The van der Waals surface area contributed by atoms with Crippen LogP contribution < -0.4 is 30.8 Å². The number of hydrazone groups is 1. The standard InChI is InChI=1S/C40H50N10O4/c1-7-44-46-27(3)13-11-16-48(38-33(41)21-30(26-52)23-36(38)54-18-12-14-42-5)15-9-10-17-49-37-31(20-29(25-51)22-35(37)53-6)32-24-43-39(45-40(32)49)34-19-28(4)47-50(34)8-2/h9-11,13,19-26,42,44H,7-8,12,14-18,41H2,1-6H3/b10-9+,13-11+,46-27-. The van der Waals surface area contributed by atoms with Gasteiger partial charge in [-0.1, -0.05) is 18.2 Å². The number of methoxy groups -OCH3 is 1. The molecule has 0 amide bonds. The maximum Gasteiger partial charge on any atom is 0.179 e. The average molecular weight is 735 g/mol. The number of allylic oxidation sites excluding steroid dienone is 2. The number of nitrogens with two attached hydrogens (primary N) is 1. The van der Waals surface area contributed by atoms with Crippen molar-refractivity contribution in [1.29, 1.82) is 0 Å². The molecule has 14 heteroatoms. The summed E-state index contributed by atoms with van der Waals surface area (Å²) in [6, 6.07) is 8.96. The first-order valence-electron chi connectivity index (χ1n) is 18.1. The van der Waals surface area contributed by atoms with Crippen LogP contribution >= 0.6 is 0 Å². The van der Waals surface area contributed by atoms with Gasteiger partial charge in [0.15, 0.2) is 5.82 Å². The zero-order valence-corrected chi connectivity index (χ0v) is 31.9. The number of rotatable bonds is 20. The Bertz CT molecular complexity index is 2180. The van der Waals surface area contributed by atoms with Crippen molar-refractivity contribution in [3.63, 3.8) is 0 Å². The second-order valence-corrected chi connectivity index (χ2v) is 12.7. The van der Waals surface area contributed by atoms with Crippen LogP contribution in [0.4, 0.5) is 11.4 Å². The van der Waals surface area contributed by atoms with E-state index in [9.17, 15) is 9.59 Å². The molecule has 284 valence electrons. The number of fused-ring (bicyclic) bond motifs is 3. The van der Waals surface area contributed by atoms with Crippen LogP contribution in [-0.2, 0) is 13.1 Å². The number of carbonyl (C=O) groups is 2. The van der Waals surface area contributed by atoms with Crippen molar-refractivity contribution in [2.24, 2.45) is 5.10 Å². The molecule has 0 radical (unpaired) electrons. The summed E-state index contributed by atoms with van der Waals surface area (Å²) in [5.74, 6) is 1.65. The van der Waals surface area contributed by atoms with Crippen molar-refractivity contribution in [3.05, 3.63) is 77.7 Å². The quantitative estimate of drug-likeness (QED) is 0.0228. The summed E-state index contributed by atoms with van der Waals surface area (Å²) in [5.41, 5.74) is 15.7. The molecule has 0 saturated heterocycles. The molecule has 54 heavy (non-hydrogen) atoms. The Labute approximate surface area is 315 Å². The maximum atomic E-state index is 11.9. The lowest BCUT2D eigenvalue weighted by Gasteiger charge is -2.26. The smallest absolute Gasteiger partial charge is 0.179 e. The highest BCUT2D eigenvalue weighted by molar-refractivity contribution is 6.10. The minimum Gasteiger partial charge on any atom is -0.495 e. The molecule has 0 fully saturated rings. The Morgan fingerprint density at radius 3 is 2.50 bits per heavy atom. The Morgan fingerprint density at radius 1 is 1.02 bits per heavy atom. The molecule has 5 rings (SSSR count). The van der Waals surface area contributed by atoms with Gasteiger partial charge in [-0.2, -0.15) is 10.2 Å². The number of anilines is 2. The molecule has 0 atom stereocenters. The van der Waals surface area contributed by atoms with Gasteiger partial charge >= 0.3 is 0 Å². The highest BCUT2D eigenvalue weighted by atomic mass is 16.5. The van der Waals surface area contributed by atoms with Crippen LogP contribution in [0.2, 0.25) is 0 Å².